The minimum atomic E-state index is -3.84. The molecule has 3 saturated carbocycles. The second-order valence-electron chi connectivity index (χ2n) is 8.55. The number of halogens is 1. The molecule has 2 bridgehead atoms. The Balaban J connectivity index is 1.84. The van der Waals surface area contributed by atoms with E-state index in [9.17, 15) is 12.8 Å². The third-order valence-electron chi connectivity index (χ3n) is 5.52. The molecule has 3 aliphatic rings. The van der Waals surface area contributed by atoms with Gasteiger partial charge in [-0.25, -0.2) is 18.1 Å². The van der Waals surface area contributed by atoms with E-state index in [0.717, 1.165) is 25.2 Å². The molecule has 0 saturated heterocycles. The van der Waals surface area contributed by atoms with Crippen molar-refractivity contribution < 1.29 is 12.8 Å². The van der Waals surface area contributed by atoms with Gasteiger partial charge in [0.05, 0.1) is 22.2 Å². The summed E-state index contributed by atoms with van der Waals surface area (Å²) in [6, 6.07) is 2.67. The Morgan fingerprint density at radius 3 is 2.48 bits per heavy atom. The largest absolute Gasteiger partial charge is 0.258 e. The standard InChI is InChI=1S/C18H22FN5O2S/c1-11-13(5-6-15(19)20-11)16(22-27(25,26)17(2,3)4)14-10-24(23-21-14)18-7-12(8-18)9-18/h5-6,10,12H,7-9H2,1-4H3/b22-16+. The third kappa shape index (κ3) is 2.88. The van der Waals surface area contributed by atoms with Gasteiger partial charge in [0, 0.05) is 5.56 Å². The number of nitrogens with zero attached hydrogens (tertiary/aromatic N) is 5. The van der Waals surface area contributed by atoms with Crippen LogP contribution in [0.4, 0.5) is 4.39 Å². The Morgan fingerprint density at radius 1 is 1.30 bits per heavy atom. The molecule has 2 aromatic rings. The molecule has 0 spiro atoms. The fraction of sp³-hybridized carbons (Fsp3) is 0.556. The van der Waals surface area contributed by atoms with E-state index < -0.39 is 20.7 Å². The van der Waals surface area contributed by atoms with Crippen LogP contribution in [0.15, 0.2) is 22.7 Å². The van der Waals surface area contributed by atoms with Gasteiger partial charge in [0.15, 0.2) is 0 Å². The first-order valence-electron chi connectivity index (χ1n) is 8.92. The average molecular weight is 391 g/mol. The van der Waals surface area contributed by atoms with Crippen molar-refractivity contribution in [2.75, 3.05) is 0 Å². The van der Waals surface area contributed by atoms with Gasteiger partial charge in [0.1, 0.15) is 11.4 Å². The topological polar surface area (TPSA) is 90.1 Å². The maximum Gasteiger partial charge on any atom is 0.258 e. The zero-order chi connectivity index (χ0) is 19.6. The smallest absolute Gasteiger partial charge is 0.246 e. The Morgan fingerprint density at radius 2 is 1.96 bits per heavy atom. The second-order valence-corrected chi connectivity index (χ2v) is 10.9. The molecule has 7 nitrogen and oxygen atoms in total. The van der Waals surface area contributed by atoms with Gasteiger partial charge in [-0.3, -0.25) is 0 Å². The molecule has 0 atom stereocenters. The van der Waals surface area contributed by atoms with Gasteiger partial charge in [-0.1, -0.05) is 5.21 Å². The highest BCUT2D eigenvalue weighted by atomic mass is 32.2. The number of sulfonamides is 1. The van der Waals surface area contributed by atoms with E-state index in [-0.39, 0.29) is 11.3 Å². The van der Waals surface area contributed by atoms with Gasteiger partial charge in [0.2, 0.25) is 5.95 Å². The van der Waals surface area contributed by atoms with Crippen LogP contribution in [0.5, 0.6) is 0 Å². The lowest BCUT2D eigenvalue weighted by atomic mass is 9.50. The number of pyridine rings is 1. The van der Waals surface area contributed by atoms with E-state index >= 15 is 0 Å². The van der Waals surface area contributed by atoms with Crippen molar-refractivity contribution in [1.82, 2.24) is 20.0 Å². The summed E-state index contributed by atoms with van der Waals surface area (Å²) in [5, 5.41) is 8.42. The molecule has 0 unspecified atom stereocenters. The monoisotopic (exact) mass is 391 g/mol. The Kier molecular flexibility index (Phi) is 3.82. The summed E-state index contributed by atoms with van der Waals surface area (Å²) in [5.74, 6) is 0.141. The van der Waals surface area contributed by atoms with Crippen molar-refractivity contribution >= 4 is 15.7 Å². The Hall–Kier alpha value is -2.16. The molecule has 5 rings (SSSR count). The molecule has 2 aromatic heterocycles. The predicted molar refractivity (Wildman–Crippen MR) is 98.6 cm³/mol. The molecule has 0 aliphatic heterocycles. The van der Waals surface area contributed by atoms with Crippen LogP contribution in [0.1, 0.15) is 57.0 Å². The SMILES string of the molecule is Cc1nc(F)ccc1/C(=N\S(=O)(=O)C(C)(C)C)c1cn(C23CC(C2)C3)nn1. The van der Waals surface area contributed by atoms with Gasteiger partial charge in [-0.2, -0.15) is 8.79 Å². The molecule has 0 radical (unpaired) electrons. The highest BCUT2D eigenvalue weighted by molar-refractivity contribution is 7.91. The molecule has 3 fully saturated rings. The van der Waals surface area contributed by atoms with Crippen LogP contribution in [0.25, 0.3) is 0 Å². The van der Waals surface area contributed by atoms with Crippen molar-refractivity contribution in [2.45, 2.75) is 57.2 Å². The summed E-state index contributed by atoms with van der Waals surface area (Å²) >= 11 is 0. The number of hydrogen-bond donors (Lipinski definition) is 0. The van der Waals surface area contributed by atoms with Crippen LogP contribution >= 0.6 is 0 Å². The molecule has 144 valence electrons. The minimum absolute atomic E-state index is 0.0278. The molecular formula is C18H22FN5O2S. The van der Waals surface area contributed by atoms with Crippen molar-refractivity contribution in [3.63, 3.8) is 0 Å². The Labute approximate surface area is 157 Å². The van der Waals surface area contributed by atoms with Crippen molar-refractivity contribution in [3.8, 4) is 0 Å². The summed E-state index contributed by atoms with van der Waals surface area (Å²) in [6.45, 7) is 6.36. The first-order valence-corrected chi connectivity index (χ1v) is 10.4. The maximum absolute atomic E-state index is 13.5. The minimum Gasteiger partial charge on any atom is -0.246 e. The van der Waals surface area contributed by atoms with Crippen molar-refractivity contribution in [1.29, 1.82) is 0 Å². The molecule has 0 N–H and O–H groups in total. The molecule has 0 amide bonds. The summed E-state index contributed by atoms with van der Waals surface area (Å²) in [7, 11) is -3.84. The lowest BCUT2D eigenvalue weighted by Gasteiger charge is -2.61. The molecule has 9 heteroatoms. The fourth-order valence-electron chi connectivity index (χ4n) is 3.59. The highest BCUT2D eigenvalue weighted by Crippen LogP contribution is 2.61. The van der Waals surface area contributed by atoms with Gasteiger partial charge in [-0.15, -0.1) is 5.10 Å². The average Bonchev–Trinajstić information content (AvgIpc) is 2.90. The van der Waals surface area contributed by atoms with Crippen molar-refractivity contribution in [3.05, 3.63) is 41.2 Å². The van der Waals surface area contributed by atoms with Gasteiger partial charge in [0.25, 0.3) is 10.0 Å². The van der Waals surface area contributed by atoms with Crippen LogP contribution in [0.3, 0.4) is 0 Å². The normalized spacial score (nSPS) is 25.1. The number of rotatable bonds is 4. The molecular weight excluding hydrogens is 369 g/mol. The van der Waals surface area contributed by atoms with Crippen LogP contribution in [-0.4, -0.2) is 38.9 Å². The molecule has 3 aliphatic carbocycles. The zero-order valence-corrected chi connectivity index (χ0v) is 16.6. The van der Waals surface area contributed by atoms with Crippen molar-refractivity contribution in [2.24, 2.45) is 10.3 Å². The quantitative estimate of drug-likeness (QED) is 0.590. The van der Waals surface area contributed by atoms with E-state index in [1.54, 1.807) is 33.9 Å². The third-order valence-corrected chi connectivity index (χ3v) is 7.49. The lowest BCUT2D eigenvalue weighted by Crippen LogP contribution is -2.59. The van der Waals surface area contributed by atoms with Crippen LogP contribution < -0.4 is 0 Å². The van der Waals surface area contributed by atoms with Crippen LogP contribution in [0.2, 0.25) is 0 Å². The summed E-state index contributed by atoms with van der Waals surface area (Å²) < 4.78 is 43.7. The number of hydrogen-bond acceptors (Lipinski definition) is 5. The van der Waals surface area contributed by atoms with Crippen LogP contribution in [0, 0.1) is 18.8 Å². The van der Waals surface area contributed by atoms with E-state index in [1.165, 1.54) is 12.1 Å². The molecule has 27 heavy (non-hydrogen) atoms. The number of aromatic nitrogens is 4. The lowest BCUT2D eigenvalue weighted by molar-refractivity contribution is -0.0988. The summed E-state index contributed by atoms with van der Waals surface area (Å²) in [6.07, 6.45) is 4.99. The second kappa shape index (κ2) is 5.67. The fourth-order valence-corrected chi connectivity index (χ4v) is 4.30. The van der Waals surface area contributed by atoms with E-state index in [0.29, 0.717) is 17.0 Å². The van der Waals surface area contributed by atoms with Gasteiger partial charge in [-0.05, 0) is 65.0 Å². The van der Waals surface area contributed by atoms with Gasteiger partial charge < -0.3 is 0 Å². The van der Waals surface area contributed by atoms with E-state index in [4.69, 9.17) is 0 Å². The number of aryl methyl sites for hydroxylation is 1. The van der Waals surface area contributed by atoms with E-state index in [2.05, 4.69) is 19.7 Å². The first-order chi connectivity index (χ1) is 12.5. The summed E-state index contributed by atoms with van der Waals surface area (Å²) in [4.78, 5) is 3.81. The predicted octanol–water partition coefficient (Wildman–Crippen LogP) is 2.60. The Bertz CT molecular complexity index is 1030. The maximum atomic E-state index is 13.5. The van der Waals surface area contributed by atoms with E-state index in [1.807, 2.05) is 4.68 Å². The highest BCUT2D eigenvalue weighted by Gasteiger charge is 2.58. The summed E-state index contributed by atoms with van der Waals surface area (Å²) in [5.41, 5.74) is 1.30. The zero-order valence-electron chi connectivity index (χ0n) is 15.8. The van der Waals surface area contributed by atoms with Crippen LogP contribution in [-0.2, 0) is 15.6 Å². The molecule has 2 heterocycles. The first kappa shape index (κ1) is 18.2. The van der Waals surface area contributed by atoms with Gasteiger partial charge >= 0.3 is 0 Å². The molecule has 0 aromatic carbocycles.